The van der Waals surface area contributed by atoms with Crippen LogP contribution in [-0.4, -0.2) is 18.5 Å². The lowest BCUT2D eigenvalue weighted by Crippen LogP contribution is -2.09. The topological polar surface area (TPSA) is 82.5 Å². The number of esters is 1. The molecule has 0 aliphatic heterocycles. The number of hydrogen-bond donors (Lipinski definition) is 1. The van der Waals surface area contributed by atoms with Gasteiger partial charge in [-0.1, -0.05) is 12.1 Å². The Labute approximate surface area is 110 Å². The van der Waals surface area contributed by atoms with E-state index in [0.717, 1.165) is 5.56 Å². The maximum atomic E-state index is 11.5. The summed E-state index contributed by atoms with van der Waals surface area (Å²) >= 11 is 0. The van der Waals surface area contributed by atoms with Gasteiger partial charge in [-0.25, -0.2) is 4.79 Å². The standard InChI is InChI=1S/C14H13NO4/c1-2-18-14(17)10-5-3-9(4-6-10)11-7-8-12(19-11)13(15)16/h3-8H,2H2,1H3,(H2,15,16). The van der Waals surface area contributed by atoms with Gasteiger partial charge in [-0.2, -0.15) is 0 Å². The van der Waals surface area contributed by atoms with Crippen LogP contribution in [0.25, 0.3) is 11.3 Å². The first-order valence-electron chi connectivity index (χ1n) is 5.79. The Morgan fingerprint density at radius 2 is 1.84 bits per heavy atom. The van der Waals surface area contributed by atoms with Crippen LogP contribution in [-0.2, 0) is 4.74 Å². The quantitative estimate of drug-likeness (QED) is 0.853. The molecule has 5 nitrogen and oxygen atoms in total. The first-order chi connectivity index (χ1) is 9.11. The molecule has 5 heteroatoms. The average Bonchev–Trinajstić information content (AvgIpc) is 2.89. The molecular formula is C14H13NO4. The maximum Gasteiger partial charge on any atom is 0.338 e. The molecule has 1 heterocycles. The second-order valence-corrected chi connectivity index (χ2v) is 3.83. The summed E-state index contributed by atoms with van der Waals surface area (Å²) in [7, 11) is 0. The van der Waals surface area contributed by atoms with Crippen LogP contribution in [0.5, 0.6) is 0 Å². The van der Waals surface area contributed by atoms with Crippen molar-refractivity contribution >= 4 is 11.9 Å². The lowest BCUT2D eigenvalue weighted by molar-refractivity contribution is 0.0526. The fourth-order valence-corrected chi connectivity index (χ4v) is 1.61. The fourth-order valence-electron chi connectivity index (χ4n) is 1.61. The zero-order chi connectivity index (χ0) is 13.8. The Morgan fingerprint density at radius 1 is 1.16 bits per heavy atom. The van der Waals surface area contributed by atoms with Gasteiger partial charge >= 0.3 is 5.97 Å². The predicted molar refractivity (Wildman–Crippen MR) is 68.6 cm³/mol. The molecular weight excluding hydrogens is 246 g/mol. The highest BCUT2D eigenvalue weighted by molar-refractivity contribution is 5.91. The number of amides is 1. The van der Waals surface area contributed by atoms with Gasteiger partial charge < -0.3 is 14.9 Å². The number of ether oxygens (including phenoxy) is 1. The first-order valence-corrected chi connectivity index (χ1v) is 5.79. The van der Waals surface area contributed by atoms with E-state index in [-0.39, 0.29) is 11.7 Å². The van der Waals surface area contributed by atoms with E-state index in [1.807, 2.05) is 0 Å². The summed E-state index contributed by atoms with van der Waals surface area (Å²) in [5, 5.41) is 0. The molecule has 0 fully saturated rings. The number of hydrogen-bond acceptors (Lipinski definition) is 4. The Bertz CT molecular complexity index is 598. The molecule has 2 aromatic rings. The zero-order valence-electron chi connectivity index (χ0n) is 10.4. The normalized spacial score (nSPS) is 10.2. The van der Waals surface area contributed by atoms with Crippen molar-refractivity contribution in [1.82, 2.24) is 0 Å². The molecule has 1 aromatic carbocycles. The van der Waals surface area contributed by atoms with Crippen molar-refractivity contribution < 1.29 is 18.7 Å². The van der Waals surface area contributed by atoms with Crippen LogP contribution < -0.4 is 5.73 Å². The van der Waals surface area contributed by atoms with Gasteiger partial charge in [0, 0.05) is 5.56 Å². The molecule has 2 N–H and O–H groups in total. The van der Waals surface area contributed by atoms with E-state index >= 15 is 0 Å². The number of carbonyl (C=O) groups excluding carboxylic acids is 2. The van der Waals surface area contributed by atoms with Gasteiger partial charge in [0.1, 0.15) is 5.76 Å². The average molecular weight is 259 g/mol. The van der Waals surface area contributed by atoms with Crippen LogP contribution in [0.2, 0.25) is 0 Å². The fraction of sp³-hybridized carbons (Fsp3) is 0.143. The Morgan fingerprint density at radius 3 is 2.37 bits per heavy atom. The maximum absolute atomic E-state index is 11.5. The lowest BCUT2D eigenvalue weighted by atomic mass is 10.1. The third-order valence-corrected chi connectivity index (χ3v) is 2.53. The smallest absolute Gasteiger partial charge is 0.338 e. The molecule has 0 saturated heterocycles. The summed E-state index contributed by atoms with van der Waals surface area (Å²) in [5.74, 6) is -0.366. The van der Waals surface area contributed by atoms with E-state index in [0.29, 0.717) is 17.9 Å². The van der Waals surface area contributed by atoms with Crippen molar-refractivity contribution in [2.45, 2.75) is 6.92 Å². The minimum Gasteiger partial charge on any atom is -0.462 e. The number of benzene rings is 1. The van der Waals surface area contributed by atoms with Gasteiger partial charge in [0.05, 0.1) is 12.2 Å². The SMILES string of the molecule is CCOC(=O)c1ccc(-c2ccc(C(N)=O)o2)cc1. The molecule has 1 amide bonds. The molecule has 0 spiro atoms. The van der Waals surface area contributed by atoms with Gasteiger partial charge in [0.15, 0.2) is 5.76 Å². The van der Waals surface area contributed by atoms with Crippen LogP contribution in [0.1, 0.15) is 27.8 Å². The third kappa shape index (κ3) is 2.82. The van der Waals surface area contributed by atoms with Crippen molar-refractivity contribution in [3.05, 3.63) is 47.7 Å². The summed E-state index contributed by atoms with van der Waals surface area (Å²) in [6.45, 7) is 2.08. The lowest BCUT2D eigenvalue weighted by Gasteiger charge is -2.02. The number of carbonyl (C=O) groups is 2. The molecule has 0 bridgehead atoms. The highest BCUT2D eigenvalue weighted by Crippen LogP contribution is 2.22. The van der Waals surface area contributed by atoms with Crippen LogP contribution in [0.15, 0.2) is 40.8 Å². The van der Waals surface area contributed by atoms with Crippen molar-refractivity contribution in [3.8, 4) is 11.3 Å². The van der Waals surface area contributed by atoms with Gasteiger partial charge in [0.2, 0.25) is 0 Å². The molecule has 98 valence electrons. The second-order valence-electron chi connectivity index (χ2n) is 3.83. The Balaban J connectivity index is 2.22. The van der Waals surface area contributed by atoms with Crippen molar-refractivity contribution in [2.24, 2.45) is 5.73 Å². The van der Waals surface area contributed by atoms with E-state index in [1.54, 1.807) is 37.3 Å². The Hall–Kier alpha value is -2.56. The summed E-state index contributed by atoms with van der Waals surface area (Å²) < 4.78 is 10.2. The van der Waals surface area contributed by atoms with Crippen LogP contribution in [0.3, 0.4) is 0 Å². The summed E-state index contributed by atoms with van der Waals surface area (Å²) in [6, 6.07) is 9.88. The third-order valence-electron chi connectivity index (χ3n) is 2.53. The second kappa shape index (κ2) is 5.39. The summed E-state index contributed by atoms with van der Waals surface area (Å²) in [4.78, 5) is 22.4. The van der Waals surface area contributed by atoms with E-state index in [9.17, 15) is 9.59 Å². The molecule has 0 radical (unpaired) electrons. The molecule has 0 saturated carbocycles. The molecule has 2 rings (SSSR count). The molecule has 1 aromatic heterocycles. The van der Waals surface area contributed by atoms with Gasteiger partial charge in [0.25, 0.3) is 5.91 Å². The minimum absolute atomic E-state index is 0.101. The van der Waals surface area contributed by atoms with E-state index in [2.05, 4.69) is 0 Å². The number of nitrogens with two attached hydrogens (primary N) is 1. The monoisotopic (exact) mass is 259 g/mol. The Kier molecular flexibility index (Phi) is 3.66. The zero-order valence-corrected chi connectivity index (χ0v) is 10.4. The molecule has 0 unspecified atom stereocenters. The van der Waals surface area contributed by atoms with Crippen LogP contribution >= 0.6 is 0 Å². The van der Waals surface area contributed by atoms with Crippen molar-refractivity contribution in [3.63, 3.8) is 0 Å². The summed E-state index contributed by atoms with van der Waals surface area (Å²) in [6.07, 6.45) is 0. The van der Waals surface area contributed by atoms with Crippen LogP contribution in [0.4, 0.5) is 0 Å². The number of rotatable bonds is 4. The largest absolute Gasteiger partial charge is 0.462 e. The van der Waals surface area contributed by atoms with Gasteiger partial charge in [-0.15, -0.1) is 0 Å². The van der Waals surface area contributed by atoms with Crippen molar-refractivity contribution in [2.75, 3.05) is 6.61 Å². The van der Waals surface area contributed by atoms with Crippen LogP contribution in [0, 0.1) is 0 Å². The molecule has 0 aliphatic rings. The first kappa shape index (κ1) is 12.9. The molecule has 19 heavy (non-hydrogen) atoms. The van der Waals surface area contributed by atoms with Gasteiger partial charge in [-0.05, 0) is 31.2 Å². The highest BCUT2D eigenvalue weighted by Gasteiger charge is 2.10. The molecule has 0 atom stereocenters. The summed E-state index contributed by atoms with van der Waals surface area (Å²) in [5.41, 5.74) is 6.32. The molecule has 0 aliphatic carbocycles. The van der Waals surface area contributed by atoms with Crippen molar-refractivity contribution in [1.29, 1.82) is 0 Å². The number of furan rings is 1. The highest BCUT2D eigenvalue weighted by atomic mass is 16.5. The van der Waals surface area contributed by atoms with E-state index in [1.165, 1.54) is 6.07 Å². The number of primary amides is 1. The predicted octanol–water partition coefficient (Wildman–Crippen LogP) is 2.22. The van der Waals surface area contributed by atoms with E-state index < -0.39 is 5.91 Å². The van der Waals surface area contributed by atoms with Gasteiger partial charge in [-0.3, -0.25) is 4.79 Å². The minimum atomic E-state index is -0.616. The van der Waals surface area contributed by atoms with E-state index in [4.69, 9.17) is 14.9 Å².